The van der Waals surface area contributed by atoms with Crippen molar-refractivity contribution in [3.8, 4) is 0 Å². The minimum atomic E-state index is -3.97. The summed E-state index contributed by atoms with van der Waals surface area (Å²) in [6.07, 6.45) is 1.64. The van der Waals surface area contributed by atoms with E-state index in [2.05, 4.69) is 25.3 Å². The van der Waals surface area contributed by atoms with Crippen molar-refractivity contribution in [2.75, 3.05) is 0 Å². The summed E-state index contributed by atoms with van der Waals surface area (Å²) in [4.78, 5) is 16.7. The second-order valence-corrected chi connectivity index (χ2v) is 9.06. The van der Waals surface area contributed by atoms with Crippen LogP contribution < -0.4 is 0 Å². The number of amidine groups is 1. The zero-order valence-electron chi connectivity index (χ0n) is 16.2. The van der Waals surface area contributed by atoms with E-state index in [1.54, 1.807) is 56.3 Å². The number of allylic oxidation sites excluding steroid dienone is 4. The highest BCUT2D eigenvalue weighted by Crippen LogP contribution is 2.25. The maximum Gasteiger partial charge on any atom is 0.284 e. The van der Waals surface area contributed by atoms with Gasteiger partial charge in [0.05, 0.1) is 15.1 Å². The summed E-state index contributed by atoms with van der Waals surface area (Å²) in [6.45, 7) is 5.32. The van der Waals surface area contributed by atoms with Crippen LogP contribution in [0.3, 0.4) is 0 Å². The molecule has 0 fully saturated rings. The quantitative estimate of drug-likeness (QED) is 0.368. The molecule has 29 heavy (non-hydrogen) atoms. The van der Waals surface area contributed by atoms with E-state index in [9.17, 15) is 13.2 Å². The smallest absolute Gasteiger partial charge is 0.284 e. The molecule has 0 bridgehead atoms. The highest BCUT2D eigenvalue weighted by Gasteiger charge is 2.22. The molecule has 1 aliphatic rings. The number of halogens is 1. The standard InChI is InChI=1S/C22H19BrN2O3S/c1-14-9-11-18(12-10-14)29(27,28)25-22(17-7-5-4-6-8-17)24-19-13-15(2)21(26)20(23)16(19)3/h4-13H,1-3H3. The van der Waals surface area contributed by atoms with Crippen LogP contribution in [-0.4, -0.2) is 25.7 Å². The van der Waals surface area contributed by atoms with Crippen LogP contribution in [0.2, 0.25) is 0 Å². The van der Waals surface area contributed by atoms with E-state index in [4.69, 9.17) is 0 Å². The van der Waals surface area contributed by atoms with Crippen molar-refractivity contribution in [3.05, 3.63) is 87.4 Å². The van der Waals surface area contributed by atoms with Gasteiger partial charge in [-0.05, 0) is 66.1 Å². The molecule has 148 valence electrons. The molecule has 0 heterocycles. The number of benzene rings is 2. The largest absolute Gasteiger partial charge is 0.288 e. The average molecular weight is 471 g/mol. The number of aryl methyl sites for hydroxylation is 1. The van der Waals surface area contributed by atoms with Gasteiger partial charge in [-0.15, -0.1) is 4.40 Å². The molecule has 5 nitrogen and oxygen atoms in total. The summed E-state index contributed by atoms with van der Waals surface area (Å²) < 4.78 is 30.2. The second-order valence-electron chi connectivity index (χ2n) is 6.66. The average Bonchev–Trinajstić information content (AvgIpc) is 2.70. The molecule has 0 amide bonds. The minimum Gasteiger partial charge on any atom is -0.288 e. The first-order valence-electron chi connectivity index (χ1n) is 8.84. The molecular weight excluding hydrogens is 452 g/mol. The van der Waals surface area contributed by atoms with Gasteiger partial charge in [0.1, 0.15) is 0 Å². The van der Waals surface area contributed by atoms with Crippen molar-refractivity contribution in [1.29, 1.82) is 0 Å². The summed E-state index contributed by atoms with van der Waals surface area (Å²) in [5.74, 6) is -0.0637. The molecule has 0 N–H and O–H groups in total. The molecule has 3 rings (SSSR count). The summed E-state index contributed by atoms with van der Waals surface area (Å²) in [7, 11) is -3.97. The van der Waals surface area contributed by atoms with E-state index < -0.39 is 10.0 Å². The van der Waals surface area contributed by atoms with Crippen LogP contribution in [0, 0.1) is 6.92 Å². The predicted molar refractivity (Wildman–Crippen MR) is 119 cm³/mol. The molecule has 2 aromatic rings. The Morgan fingerprint density at radius 3 is 2.17 bits per heavy atom. The van der Waals surface area contributed by atoms with Crippen molar-refractivity contribution < 1.29 is 13.2 Å². The molecule has 0 atom stereocenters. The lowest BCUT2D eigenvalue weighted by atomic mass is 9.98. The van der Waals surface area contributed by atoms with Gasteiger partial charge >= 0.3 is 0 Å². The van der Waals surface area contributed by atoms with Crippen LogP contribution in [-0.2, 0) is 14.8 Å². The molecule has 0 aliphatic heterocycles. The maximum absolute atomic E-state index is 12.9. The Morgan fingerprint density at radius 1 is 0.931 bits per heavy atom. The van der Waals surface area contributed by atoms with Gasteiger partial charge in [-0.1, -0.05) is 48.0 Å². The fourth-order valence-corrected chi connectivity index (χ4v) is 4.14. The Hall–Kier alpha value is -2.64. The van der Waals surface area contributed by atoms with Crippen LogP contribution in [0.25, 0.3) is 0 Å². The van der Waals surface area contributed by atoms with E-state index in [1.807, 2.05) is 13.0 Å². The van der Waals surface area contributed by atoms with Crippen LogP contribution in [0.15, 0.2) is 90.6 Å². The van der Waals surface area contributed by atoms with Crippen molar-refractivity contribution in [2.45, 2.75) is 25.7 Å². The Balaban J connectivity index is 2.18. The fourth-order valence-electron chi connectivity index (χ4n) is 2.67. The van der Waals surface area contributed by atoms with Gasteiger partial charge in [-0.3, -0.25) is 4.79 Å². The maximum atomic E-state index is 12.9. The van der Waals surface area contributed by atoms with Crippen molar-refractivity contribution >= 4 is 43.3 Å². The number of hydrogen-bond donors (Lipinski definition) is 0. The third-order valence-corrected chi connectivity index (χ3v) is 6.64. The molecule has 0 saturated heterocycles. The summed E-state index contributed by atoms with van der Waals surface area (Å²) in [5.41, 5.74) is 3.12. The highest BCUT2D eigenvalue weighted by molar-refractivity contribution is 9.12. The van der Waals surface area contributed by atoms with E-state index in [-0.39, 0.29) is 16.5 Å². The first-order chi connectivity index (χ1) is 13.7. The zero-order valence-corrected chi connectivity index (χ0v) is 18.6. The summed E-state index contributed by atoms with van der Waals surface area (Å²) in [6, 6.07) is 15.4. The molecule has 0 unspecified atom stereocenters. The lowest BCUT2D eigenvalue weighted by Crippen LogP contribution is -2.16. The zero-order chi connectivity index (χ0) is 21.2. The van der Waals surface area contributed by atoms with E-state index in [0.29, 0.717) is 26.9 Å². The minimum absolute atomic E-state index is 0.0548. The van der Waals surface area contributed by atoms with Gasteiger partial charge in [-0.25, -0.2) is 4.99 Å². The lowest BCUT2D eigenvalue weighted by Gasteiger charge is -2.14. The summed E-state index contributed by atoms with van der Waals surface area (Å²) in [5, 5.41) is 0. The number of sulfonamides is 1. The van der Waals surface area contributed by atoms with Crippen LogP contribution in [0.5, 0.6) is 0 Å². The molecule has 0 spiro atoms. The van der Waals surface area contributed by atoms with Crippen molar-refractivity contribution in [3.63, 3.8) is 0 Å². The van der Waals surface area contributed by atoms with E-state index in [1.165, 1.54) is 12.1 Å². The van der Waals surface area contributed by atoms with Gasteiger partial charge in [0.2, 0.25) is 0 Å². The molecule has 2 aromatic carbocycles. The van der Waals surface area contributed by atoms with E-state index in [0.717, 1.165) is 5.56 Å². The number of Topliss-reactive ketones (excluding diaryl/α,β-unsaturated/α-hetero) is 1. The van der Waals surface area contributed by atoms with Crippen molar-refractivity contribution in [2.24, 2.45) is 9.39 Å². The Morgan fingerprint density at radius 2 is 1.55 bits per heavy atom. The van der Waals surface area contributed by atoms with Gasteiger partial charge in [0.15, 0.2) is 11.6 Å². The Bertz CT molecular complexity index is 1190. The van der Waals surface area contributed by atoms with Gasteiger partial charge in [-0.2, -0.15) is 8.42 Å². The first kappa shape index (κ1) is 21.1. The fraction of sp³-hybridized carbons (Fsp3) is 0.136. The van der Waals surface area contributed by atoms with Gasteiger partial charge < -0.3 is 0 Å². The Labute approximate surface area is 178 Å². The molecule has 1 aliphatic carbocycles. The van der Waals surface area contributed by atoms with Crippen LogP contribution >= 0.6 is 15.9 Å². The van der Waals surface area contributed by atoms with Crippen LogP contribution in [0.4, 0.5) is 0 Å². The number of rotatable bonds is 3. The van der Waals surface area contributed by atoms with Crippen LogP contribution in [0.1, 0.15) is 25.0 Å². The predicted octanol–water partition coefficient (Wildman–Crippen LogP) is 4.77. The van der Waals surface area contributed by atoms with Gasteiger partial charge in [0.25, 0.3) is 10.0 Å². The third-order valence-electron chi connectivity index (χ3n) is 4.41. The topological polar surface area (TPSA) is 75.9 Å². The molecule has 7 heteroatoms. The highest BCUT2D eigenvalue weighted by atomic mass is 79.9. The summed E-state index contributed by atoms with van der Waals surface area (Å²) >= 11 is 3.30. The third kappa shape index (κ3) is 4.68. The SMILES string of the molecule is CC1=CC(=NC(=NS(=O)(=O)c2ccc(C)cc2)c2ccccc2)C(C)=C(Br)C1=O. The number of carbonyl (C=O) groups is 1. The monoisotopic (exact) mass is 470 g/mol. The molecule has 0 aromatic heterocycles. The number of nitrogens with zero attached hydrogens (tertiary/aromatic N) is 2. The number of carbonyl (C=O) groups excluding carboxylic acids is 1. The van der Waals surface area contributed by atoms with Gasteiger partial charge in [0, 0.05) is 5.56 Å². The van der Waals surface area contributed by atoms with E-state index >= 15 is 0 Å². The molecular formula is C22H19BrN2O3S. The van der Waals surface area contributed by atoms with Crippen molar-refractivity contribution in [1.82, 2.24) is 0 Å². The number of hydrogen-bond acceptors (Lipinski definition) is 3. The number of aliphatic imine (C=N–C) groups is 1. The molecule has 0 saturated carbocycles. The first-order valence-corrected chi connectivity index (χ1v) is 11.1. The lowest BCUT2D eigenvalue weighted by molar-refractivity contribution is -0.111. The second kappa shape index (κ2) is 8.39. The Kier molecular flexibility index (Phi) is 6.10. The number of ketones is 1. The molecule has 0 radical (unpaired) electrons. The normalized spacial score (nSPS) is 17.0.